The van der Waals surface area contributed by atoms with E-state index in [9.17, 15) is 4.79 Å². The van der Waals surface area contributed by atoms with Gasteiger partial charge >= 0.3 is 0 Å². The van der Waals surface area contributed by atoms with Crippen molar-refractivity contribution in [3.8, 4) is 0 Å². The normalized spacial score (nSPS) is 22.0. The second-order valence-corrected chi connectivity index (χ2v) is 5.62. The van der Waals surface area contributed by atoms with Gasteiger partial charge < -0.3 is 9.32 Å². The zero-order chi connectivity index (χ0) is 14.1. The Morgan fingerprint density at radius 2 is 2.05 bits per heavy atom. The fourth-order valence-electron chi connectivity index (χ4n) is 2.82. The van der Waals surface area contributed by atoms with E-state index in [-0.39, 0.29) is 11.8 Å². The Morgan fingerprint density at radius 3 is 2.85 bits per heavy atom. The van der Waals surface area contributed by atoms with Crippen molar-refractivity contribution in [2.45, 2.75) is 12.5 Å². The SMILES string of the molecule is CN1CCCN(C)C(C(=O)c2cc3ccccc3o2)C1. The van der Waals surface area contributed by atoms with E-state index in [4.69, 9.17) is 4.42 Å². The van der Waals surface area contributed by atoms with Crippen molar-refractivity contribution in [1.82, 2.24) is 9.80 Å². The van der Waals surface area contributed by atoms with Crippen molar-refractivity contribution < 1.29 is 9.21 Å². The van der Waals surface area contributed by atoms with Crippen LogP contribution >= 0.6 is 0 Å². The molecule has 1 fully saturated rings. The second-order valence-electron chi connectivity index (χ2n) is 5.62. The van der Waals surface area contributed by atoms with Crippen molar-refractivity contribution in [2.24, 2.45) is 0 Å². The average Bonchev–Trinajstić information content (AvgIpc) is 2.80. The number of Topliss-reactive ketones (excluding diaryl/α,β-unsaturated/α-hetero) is 1. The molecule has 20 heavy (non-hydrogen) atoms. The van der Waals surface area contributed by atoms with Crippen molar-refractivity contribution >= 4 is 16.8 Å². The monoisotopic (exact) mass is 272 g/mol. The van der Waals surface area contributed by atoms with Crippen molar-refractivity contribution in [3.63, 3.8) is 0 Å². The van der Waals surface area contributed by atoms with Crippen LogP contribution < -0.4 is 0 Å². The molecule has 4 heteroatoms. The summed E-state index contributed by atoms with van der Waals surface area (Å²) in [5, 5.41) is 0.987. The quantitative estimate of drug-likeness (QED) is 0.786. The Hall–Kier alpha value is -1.65. The zero-order valence-corrected chi connectivity index (χ0v) is 12.0. The van der Waals surface area contributed by atoms with Gasteiger partial charge in [-0.1, -0.05) is 18.2 Å². The number of para-hydroxylation sites is 1. The molecule has 1 atom stereocenters. The van der Waals surface area contributed by atoms with E-state index in [2.05, 4.69) is 16.8 Å². The molecule has 0 amide bonds. The van der Waals surface area contributed by atoms with Crippen LogP contribution in [0.1, 0.15) is 17.0 Å². The number of likely N-dealkylation sites (N-methyl/N-ethyl adjacent to an activating group) is 2. The van der Waals surface area contributed by atoms with Gasteiger partial charge in [0, 0.05) is 11.9 Å². The number of fused-ring (bicyclic) bond motifs is 1. The summed E-state index contributed by atoms with van der Waals surface area (Å²) in [6.07, 6.45) is 1.09. The summed E-state index contributed by atoms with van der Waals surface area (Å²) >= 11 is 0. The largest absolute Gasteiger partial charge is 0.453 e. The summed E-state index contributed by atoms with van der Waals surface area (Å²) < 4.78 is 5.71. The predicted octanol–water partition coefficient (Wildman–Crippen LogP) is 2.25. The first kappa shape index (κ1) is 13.3. The minimum absolute atomic E-state index is 0.0810. The average molecular weight is 272 g/mol. The third-order valence-corrected chi connectivity index (χ3v) is 4.04. The Bertz CT molecular complexity index is 587. The van der Waals surface area contributed by atoms with Crippen LogP contribution in [0.25, 0.3) is 11.0 Å². The fourth-order valence-corrected chi connectivity index (χ4v) is 2.82. The zero-order valence-electron chi connectivity index (χ0n) is 12.0. The van der Waals surface area contributed by atoms with Gasteiger partial charge in [-0.3, -0.25) is 9.69 Å². The van der Waals surface area contributed by atoms with Gasteiger partial charge in [-0.25, -0.2) is 0 Å². The summed E-state index contributed by atoms with van der Waals surface area (Å²) in [6, 6.07) is 9.48. The van der Waals surface area contributed by atoms with Crippen molar-refractivity contribution in [1.29, 1.82) is 0 Å². The molecule has 1 unspecified atom stereocenters. The molecule has 2 aromatic rings. The van der Waals surface area contributed by atoms with E-state index in [1.54, 1.807) is 0 Å². The first-order valence-electron chi connectivity index (χ1n) is 7.07. The lowest BCUT2D eigenvalue weighted by molar-refractivity contribution is 0.0813. The second kappa shape index (κ2) is 5.38. The Kier molecular flexibility index (Phi) is 3.59. The van der Waals surface area contributed by atoms with Crippen LogP contribution in [0.15, 0.2) is 34.7 Å². The first-order chi connectivity index (χ1) is 9.65. The number of ketones is 1. The summed E-state index contributed by atoms with van der Waals surface area (Å²) in [6.45, 7) is 2.74. The molecule has 2 heterocycles. The Labute approximate surface area is 119 Å². The van der Waals surface area contributed by atoms with Gasteiger partial charge in [-0.05, 0) is 45.7 Å². The Balaban J connectivity index is 1.90. The smallest absolute Gasteiger partial charge is 0.216 e. The molecule has 1 aliphatic heterocycles. The highest BCUT2D eigenvalue weighted by molar-refractivity contribution is 6.01. The molecule has 4 nitrogen and oxygen atoms in total. The summed E-state index contributed by atoms with van der Waals surface area (Å²) in [5.74, 6) is 0.552. The number of hydrogen-bond donors (Lipinski definition) is 0. The maximum atomic E-state index is 12.7. The number of carbonyl (C=O) groups is 1. The summed E-state index contributed by atoms with van der Waals surface area (Å²) in [4.78, 5) is 17.1. The molecule has 0 bridgehead atoms. The molecule has 1 aromatic heterocycles. The highest BCUT2D eigenvalue weighted by Gasteiger charge is 2.29. The number of benzene rings is 1. The Morgan fingerprint density at radius 1 is 1.25 bits per heavy atom. The van der Waals surface area contributed by atoms with E-state index in [1.165, 1.54) is 0 Å². The summed E-state index contributed by atoms with van der Waals surface area (Å²) in [7, 11) is 4.09. The number of furan rings is 1. The minimum atomic E-state index is -0.122. The molecule has 3 rings (SSSR count). The molecule has 0 spiro atoms. The van der Waals surface area contributed by atoms with E-state index < -0.39 is 0 Å². The molecule has 106 valence electrons. The van der Waals surface area contributed by atoms with E-state index in [1.807, 2.05) is 37.4 Å². The lowest BCUT2D eigenvalue weighted by Gasteiger charge is -2.25. The van der Waals surface area contributed by atoms with Crippen LogP contribution in [0.2, 0.25) is 0 Å². The van der Waals surface area contributed by atoms with Crippen LogP contribution in [0, 0.1) is 0 Å². The van der Waals surface area contributed by atoms with Crippen LogP contribution in [-0.4, -0.2) is 55.4 Å². The lowest BCUT2D eigenvalue weighted by atomic mass is 10.1. The van der Waals surface area contributed by atoms with Gasteiger partial charge in [0.2, 0.25) is 5.78 Å². The predicted molar refractivity (Wildman–Crippen MR) is 79.1 cm³/mol. The van der Waals surface area contributed by atoms with Crippen molar-refractivity contribution in [2.75, 3.05) is 33.7 Å². The van der Waals surface area contributed by atoms with Gasteiger partial charge in [0.25, 0.3) is 0 Å². The first-order valence-corrected chi connectivity index (χ1v) is 7.07. The van der Waals surface area contributed by atoms with Crippen LogP contribution in [-0.2, 0) is 0 Å². The molecule has 0 aliphatic carbocycles. The van der Waals surface area contributed by atoms with Gasteiger partial charge in [0.1, 0.15) is 5.58 Å². The number of carbonyl (C=O) groups excluding carboxylic acids is 1. The number of rotatable bonds is 2. The highest BCUT2D eigenvalue weighted by Crippen LogP contribution is 2.21. The molecular formula is C16H20N2O2. The maximum Gasteiger partial charge on any atom is 0.216 e. The molecule has 0 N–H and O–H groups in total. The molecule has 0 saturated carbocycles. The summed E-state index contributed by atoms with van der Waals surface area (Å²) in [5.41, 5.74) is 0.778. The number of nitrogens with zero attached hydrogens (tertiary/aromatic N) is 2. The molecule has 1 saturated heterocycles. The minimum Gasteiger partial charge on any atom is -0.453 e. The van der Waals surface area contributed by atoms with Gasteiger partial charge in [-0.15, -0.1) is 0 Å². The molecule has 1 aromatic carbocycles. The van der Waals surface area contributed by atoms with E-state index >= 15 is 0 Å². The van der Waals surface area contributed by atoms with E-state index in [0.717, 1.165) is 37.0 Å². The molecule has 1 aliphatic rings. The number of hydrogen-bond acceptors (Lipinski definition) is 4. The van der Waals surface area contributed by atoms with Crippen LogP contribution in [0.5, 0.6) is 0 Å². The van der Waals surface area contributed by atoms with Gasteiger partial charge in [-0.2, -0.15) is 0 Å². The van der Waals surface area contributed by atoms with Crippen LogP contribution in [0.3, 0.4) is 0 Å². The lowest BCUT2D eigenvalue weighted by Crippen LogP contribution is -2.43. The third kappa shape index (κ3) is 2.49. The van der Waals surface area contributed by atoms with Gasteiger partial charge in [0.15, 0.2) is 5.76 Å². The third-order valence-electron chi connectivity index (χ3n) is 4.04. The van der Waals surface area contributed by atoms with Crippen LogP contribution in [0.4, 0.5) is 0 Å². The fraction of sp³-hybridized carbons (Fsp3) is 0.438. The van der Waals surface area contributed by atoms with E-state index in [0.29, 0.717) is 5.76 Å². The highest BCUT2D eigenvalue weighted by atomic mass is 16.3. The van der Waals surface area contributed by atoms with Gasteiger partial charge in [0.05, 0.1) is 6.04 Å². The standard InChI is InChI=1S/C16H20N2O2/c1-17-8-5-9-18(2)13(11-17)16(19)15-10-12-6-3-4-7-14(12)20-15/h3-4,6-7,10,13H,5,8-9,11H2,1-2H3. The molecule has 0 radical (unpaired) electrons. The maximum absolute atomic E-state index is 12.7. The van der Waals surface area contributed by atoms with Crippen molar-refractivity contribution in [3.05, 3.63) is 36.1 Å². The molecular weight excluding hydrogens is 252 g/mol. The topological polar surface area (TPSA) is 36.7 Å².